The van der Waals surface area contributed by atoms with Crippen LogP contribution in [0.4, 0.5) is 0 Å². The summed E-state index contributed by atoms with van der Waals surface area (Å²) < 4.78 is 0. The molecule has 0 unspecified atom stereocenters. The molecular weight excluding hydrogens is 274 g/mol. The molecule has 4 N–H and O–H groups in total. The Labute approximate surface area is 121 Å². The van der Waals surface area contributed by atoms with Crippen LogP contribution in [-0.2, 0) is 6.61 Å². The average Bonchev–Trinajstić information content (AvgIpc) is 2.51. The maximum atomic E-state index is 10.5. The summed E-state index contributed by atoms with van der Waals surface area (Å²) in [6, 6.07) is 3.29. The number of nitrogens with two attached hydrogens (primary N) is 1. The number of primary amides is 1. The molecule has 2 aromatic rings. The highest BCUT2D eigenvalue weighted by Gasteiger charge is 2.09. The number of rotatable bonds is 3. The molecule has 0 aromatic carbocycles. The molecule has 0 radical (unpaired) electrons. The van der Waals surface area contributed by atoms with E-state index in [4.69, 9.17) is 10.8 Å². The van der Waals surface area contributed by atoms with Crippen LogP contribution in [0.2, 0.25) is 0 Å². The summed E-state index contributed by atoms with van der Waals surface area (Å²) in [6.07, 6.45) is 4.91. The quantitative estimate of drug-likeness (QED) is 0.709. The van der Waals surface area contributed by atoms with Gasteiger partial charge in [-0.1, -0.05) is 0 Å². The first-order valence-corrected chi connectivity index (χ1v) is 5.94. The van der Waals surface area contributed by atoms with E-state index < -0.39 is 5.91 Å². The van der Waals surface area contributed by atoms with E-state index in [1.54, 1.807) is 25.3 Å². The highest BCUT2D eigenvalue weighted by Crippen LogP contribution is 2.21. The van der Waals surface area contributed by atoms with Crippen LogP contribution >= 0.6 is 0 Å². The number of aryl methyl sites for hydroxylation is 1. The molecule has 110 valence electrons. The van der Waals surface area contributed by atoms with Gasteiger partial charge in [-0.3, -0.25) is 19.6 Å². The summed E-state index contributed by atoms with van der Waals surface area (Å²) >= 11 is 0. The van der Waals surface area contributed by atoms with E-state index in [2.05, 4.69) is 9.97 Å². The van der Waals surface area contributed by atoms with Crippen LogP contribution in [-0.4, -0.2) is 32.4 Å². The molecule has 0 aliphatic rings. The van der Waals surface area contributed by atoms with Gasteiger partial charge in [-0.15, -0.1) is 0 Å². The number of carbonyl (C=O) groups excluding carboxylic acids is 2. The molecule has 0 atom stereocenters. The number of aromatic hydroxyl groups is 1. The third kappa shape index (κ3) is 4.36. The Bertz CT molecular complexity index is 630. The predicted octanol–water partition coefficient (Wildman–Crippen LogP) is 0.581. The maximum Gasteiger partial charge on any atom is 0.250 e. The second-order valence-electron chi connectivity index (χ2n) is 4.01. The summed E-state index contributed by atoms with van der Waals surface area (Å²) in [7, 11) is 0. The van der Waals surface area contributed by atoms with Gasteiger partial charge in [0.25, 0.3) is 0 Å². The number of hydrogen-bond donors (Lipinski definition) is 3. The molecule has 2 heterocycles. The van der Waals surface area contributed by atoms with Gasteiger partial charge in [0.05, 0.1) is 23.4 Å². The van der Waals surface area contributed by atoms with Gasteiger partial charge < -0.3 is 15.9 Å². The van der Waals surface area contributed by atoms with Crippen molar-refractivity contribution in [1.82, 2.24) is 9.97 Å². The van der Waals surface area contributed by atoms with Gasteiger partial charge in [0.15, 0.2) is 6.29 Å². The highest BCUT2D eigenvalue weighted by molar-refractivity contribution is 5.92. The minimum Gasteiger partial charge on any atom is -0.505 e. The van der Waals surface area contributed by atoms with Crippen LogP contribution in [0.1, 0.15) is 32.0 Å². The maximum absolute atomic E-state index is 10.5. The number of aliphatic hydroxyl groups is 1. The second-order valence-corrected chi connectivity index (χ2v) is 4.01. The molecule has 0 saturated carbocycles. The van der Waals surface area contributed by atoms with E-state index in [-0.39, 0.29) is 17.9 Å². The van der Waals surface area contributed by atoms with E-state index in [9.17, 15) is 14.7 Å². The molecule has 1 amide bonds. The minimum absolute atomic E-state index is 0.116. The van der Waals surface area contributed by atoms with Crippen molar-refractivity contribution >= 4 is 12.2 Å². The minimum atomic E-state index is -0.442. The SMILES string of the molecule is Cc1ncc(CO)c(C=O)c1O.NC(=O)c1cccnc1. The van der Waals surface area contributed by atoms with Gasteiger partial charge in [-0.2, -0.15) is 0 Å². The first kappa shape index (κ1) is 16.3. The van der Waals surface area contributed by atoms with Gasteiger partial charge in [-0.05, 0) is 19.1 Å². The Morgan fingerprint density at radius 2 is 2.14 bits per heavy atom. The molecule has 2 aromatic heterocycles. The van der Waals surface area contributed by atoms with E-state index in [0.29, 0.717) is 23.1 Å². The monoisotopic (exact) mass is 289 g/mol. The third-order valence-electron chi connectivity index (χ3n) is 2.59. The molecule has 0 spiro atoms. The number of nitrogens with zero attached hydrogens (tertiary/aromatic N) is 2. The fraction of sp³-hybridized carbons (Fsp3) is 0.143. The second kappa shape index (κ2) is 7.71. The van der Waals surface area contributed by atoms with E-state index in [1.165, 1.54) is 12.4 Å². The van der Waals surface area contributed by atoms with Crippen LogP contribution in [0.3, 0.4) is 0 Å². The predicted molar refractivity (Wildman–Crippen MR) is 74.7 cm³/mol. The lowest BCUT2D eigenvalue weighted by Gasteiger charge is -2.04. The molecule has 7 nitrogen and oxygen atoms in total. The van der Waals surface area contributed by atoms with Crippen molar-refractivity contribution in [2.24, 2.45) is 5.73 Å². The fourth-order valence-corrected chi connectivity index (χ4v) is 1.42. The molecule has 0 aliphatic heterocycles. The molecule has 0 fully saturated rings. The van der Waals surface area contributed by atoms with Gasteiger partial charge in [0.2, 0.25) is 5.91 Å². The summed E-state index contributed by atoms with van der Waals surface area (Å²) in [5, 5.41) is 18.1. The van der Waals surface area contributed by atoms with Gasteiger partial charge in [-0.25, -0.2) is 0 Å². The average molecular weight is 289 g/mol. The zero-order valence-electron chi connectivity index (χ0n) is 11.4. The Balaban J connectivity index is 0.000000219. The van der Waals surface area contributed by atoms with Gasteiger partial charge in [0.1, 0.15) is 5.75 Å². The number of pyridine rings is 2. The van der Waals surface area contributed by atoms with E-state index >= 15 is 0 Å². The smallest absolute Gasteiger partial charge is 0.250 e. The number of aromatic nitrogens is 2. The fourth-order valence-electron chi connectivity index (χ4n) is 1.42. The Morgan fingerprint density at radius 3 is 2.57 bits per heavy atom. The molecular formula is C14H15N3O4. The molecule has 0 aliphatic carbocycles. The highest BCUT2D eigenvalue weighted by atomic mass is 16.3. The molecule has 0 saturated heterocycles. The van der Waals surface area contributed by atoms with Gasteiger partial charge in [0, 0.05) is 24.2 Å². The third-order valence-corrected chi connectivity index (χ3v) is 2.59. The zero-order valence-corrected chi connectivity index (χ0v) is 11.4. The van der Waals surface area contributed by atoms with Crippen molar-refractivity contribution in [3.05, 3.63) is 53.1 Å². The van der Waals surface area contributed by atoms with Crippen molar-refractivity contribution in [2.75, 3.05) is 0 Å². The summed E-state index contributed by atoms with van der Waals surface area (Å²) in [4.78, 5) is 28.3. The van der Waals surface area contributed by atoms with Crippen LogP contribution < -0.4 is 5.73 Å². The van der Waals surface area contributed by atoms with Crippen LogP contribution in [0.25, 0.3) is 0 Å². The summed E-state index contributed by atoms with van der Waals surface area (Å²) in [5.74, 6) is -0.598. The van der Waals surface area contributed by atoms with Crippen LogP contribution in [0, 0.1) is 6.92 Å². The lowest BCUT2D eigenvalue weighted by Crippen LogP contribution is -2.10. The number of amides is 1. The van der Waals surface area contributed by atoms with Crippen LogP contribution in [0.5, 0.6) is 5.75 Å². The van der Waals surface area contributed by atoms with Crippen molar-refractivity contribution in [2.45, 2.75) is 13.5 Å². The van der Waals surface area contributed by atoms with Crippen molar-refractivity contribution in [1.29, 1.82) is 0 Å². The van der Waals surface area contributed by atoms with E-state index in [0.717, 1.165) is 0 Å². The van der Waals surface area contributed by atoms with Crippen LogP contribution in [0.15, 0.2) is 30.7 Å². The topological polar surface area (TPSA) is 126 Å². The number of hydrogen-bond acceptors (Lipinski definition) is 6. The molecule has 21 heavy (non-hydrogen) atoms. The zero-order chi connectivity index (χ0) is 15.8. The number of aliphatic hydroxyl groups excluding tert-OH is 1. The summed E-state index contributed by atoms with van der Waals surface area (Å²) in [6.45, 7) is 1.29. The number of carbonyl (C=O) groups is 2. The first-order chi connectivity index (χ1) is 10.0. The lowest BCUT2D eigenvalue weighted by atomic mass is 10.1. The van der Waals surface area contributed by atoms with Gasteiger partial charge >= 0.3 is 0 Å². The van der Waals surface area contributed by atoms with Crippen molar-refractivity contribution < 1.29 is 19.8 Å². The summed E-state index contributed by atoms with van der Waals surface area (Å²) in [5.41, 5.74) is 6.22. The van der Waals surface area contributed by atoms with Crippen molar-refractivity contribution in [3.63, 3.8) is 0 Å². The first-order valence-electron chi connectivity index (χ1n) is 5.94. The Kier molecular flexibility index (Phi) is 5.97. The molecule has 0 bridgehead atoms. The standard InChI is InChI=1S/C8H9NO3.C6H6N2O/c1-5-8(12)7(4-11)6(3-10)2-9-5;7-6(9)5-2-1-3-8-4-5/h2,4,10,12H,3H2,1H3;1-4H,(H2,7,9). The van der Waals surface area contributed by atoms with Crippen molar-refractivity contribution in [3.8, 4) is 5.75 Å². The van der Waals surface area contributed by atoms with E-state index in [1.807, 2.05) is 0 Å². The lowest BCUT2D eigenvalue weighted by molar-refractivity contribution is 0.0999. The number of aldehydes is 1. The Hall–Kier alpha value is -2.80. The normalized spacial score (nSPS) is 9.43. The molecule has 2 rings (SSSR count). The molecule has 7 heteroatoms. The Morgan fingerprint density at radius 1 is 1.43 bits per heavy atom. The largest absolute Gasteiger partial charge is 0.505 e.